The van der Waals surface area contributed by atoms with Crippen molar-refractivity contribution in [2.45, 2.75) is 43.6 Å². The molecule has 0 aliphatic rings. The zero-order valence-electron chi connectivity index (χ0n) is 15.7. The Morgan fingerprint density at radius 1 is 1.38 bits per heavy atom. The average molecular weight is 440 g/mol. The standard InChI is InChI=1S/C18H19F2N5O2S2/c1-3-4-7-25-17(27)23-24-18(25)29-10(2)15(26)22-16-21-14(9-28-16)11-5-6-12(19)13(20)8-11/h5-6,8-10H,3-4,7H2,1-2H3,(H,23,27)(H,21,22,26). The third-order valence-electron chi connectivity index (χ3n) is 4.06. The monoisotopic (exact) mass is 439 g/mol. The molecular weight excluding hydrogens is 420 g/mol. The van der Waals surface area contributed by atoms with E-state index in [1.165, 1.54) is 33.7 Å². The Hall–Kier alpha value is -2.53. The lowest BCUT2D eigenvalue weighted by molar-refractivity contribution is -0.115. The topological polar surface area (TPSA) is 92.7 Å². The van der Waals surface area contributed by atoms with Crippen molar-refractivity contribution in [1.29, 1.82) is 0 Å². The van der Waals surface area contributed by atoms with Crippen LogP contribution in [0.2, 0.25) is 0 Å². The van der Waals surface area contributed by atoms with E-state index in [2.05, 4.69) is 20.5 Å². The summed E-state index contributed by atoms with van der Waals surface area (Å²) in [4.78, 5) is 28.6. The Morgan fingerprint density at radius 3 is 2.90 bits per heavy atom. The number of hydrogen-bond donors (Lipinski definition) is 2. The summed E-state index contributed by atoms with van der Waals surface area (Å²) < 4.78 is 28.0. The van der Waals surface area contributed by atoms with Gasteiger partial charge in [-0.3, -0.25) is 9.36 Å². The number of anilines is 1. The second-order valence-electron chi connectivity index (χ2n) is 6.23. The van der Waals surface area contributed by atoms with Crippen LogP contribution in [0.15, 0.2) is 33.5 Å². The lowest BCUT2D eigenvalue weighted by atomic mass is 10.2. The summed E-state index contributed by atoms with van der Waals surface area (Å²) in [6.07, 6.45) is 1.77. The number of rotatable bonds is 8. The second-order valence-corrected chi connectivity index (χ2v) is 8.40. The molecule has 1 aromatic carbocycles. The zero-order chi connectivity index (χ0) is 21.0. The first kappa shape index (κ1) is 21.2. The SMILES string of the molecule is CCCCn1c(SC(C)C(=O)Nc2nc(-c3ccc(F)c(F)c3)cs2)n[nH]c1=O. The van der Waals surface area contributed by atoms with Crippen molar-refractivity contribution in [3.8, 4) is 11.3 Å². The highest BCUT2D eigenvalue weighted by Gasteiger charge is 2.20. The molecule has 0 aliphatic heterocycles. The van der Waals surface area contributed by atoms with Crippen LogP contribution < -0.4 is 11.0 Å². The summed E-state index contributed by atoms with van der Waals surface area (Å²) in [7, 11) is 0. The number of halogens is 2. The Morgan fingerprint density at radius 2 is 2.17 bits per heavy atom. The minimum absolute atomic E-state index is 0.301. The Balaban J connectivity index is 1.65. The van der Waals surface area contributed by atoms with E-state index in [-0.39, 0.29) is 11.6 Å². The summed E-state index contributed by atoms with van der Waals surface area (Å²) in [6, 6.07) is 3.51. The number of thiazole rings is 1. The molecule has 29 heavy (non-hydrogen) atoms. The van der Waals surface area contributed by atoms with Crippen LogP contribution in [-0.4, -0.2) is 30.9 Å². The van der Waals surface area contributed by atoms with E-state index in [1.54, 1.807) is 12.3 Å². The number of hydrogen-bond acceptors (Lipinski definition) is 6. The number of nitrogens with zero attached hydrogens (tertiary/aromatic N) is 3. The van der Waals surface area contributed by atoms with Crippen molar-refractivity contribution in [2.24, 2.45) is 0 Å². The van der Waals surface area contributed by atoms with Crippen LogP contribution in [0, 0.1) is 11.6 Å². The van der Waals surface area contributed by atoms with Gasteiger partial charge in [-0.05, 0) is 31.5 Å². The molecule has 0 fully saturated rings. The Bertz CT molecular complexity index is 1060. The van der Waals surface area contributed by atoms with E-state index in [0.29, 0.717) is 28.1 Å². The van der Waals surface area contributed by atoms with Gasteiger partial charge in [-0.2, -0.15) is 0 Å². The zero-order valence-corrected chi connectivity index (χ0v) is 17.4. The van der Waals surface area contributed by atoms with Gasteiger partial charge in [0.15, 0.2) is 21.9 Å². The normalized spacial score (nSPS) is 12.1. The first-order valence-corrected chi connectivity index (χ1v) is 10.7. The van der Waals surface area contributed by atoms with Gasteiger partial charge in [0.2, 0.25) is 5.91 Å². The third-order valence-corrected chi connectivity index (χ3v) is 5.91. The minimum Gasteiger partial charge on any atom is -0.301 e. The highest BCUT2D eigenvalue weighted by Crippen LogP contribution is 2.27. The molecule has 3 rings (SSSR count). The molecule has 2 N–H and O–H groups in total. The van der Waals surface area contributed by atoms with Crippen LogP contribution in [0.4, 0.5) is 13.9 Å². The van der Waals surface area contributed by atoms with Crippen molar-refractivity contribution in [3.05, 3.63) is 45.7 Å². The van der Waals surface area contributed by atoms with Crippen LogP contribution in [0.25, 0.3) is 11.3 Å². The molecule has 3 aromatic rings. The number of carbonyl (C=O) groups excluding carboxylic acids is 1. The number of aromatic nitrogens is 4. The first-order valence-electron chi connectivity index (χ1n) is 8.92. The molecule has 2 heterocycles. The van der Waals surface area contributed by atoms with Crippen molar-refractivity contribution in [1.82, 2.24) is 19.7 Å². The van der Waals surface area contributed by atoms with Gasteiger partial charge in [-0.1, -0.05) is 25.1 Å². The molecule has 0 saturated carbocycles. The van der Waals surface area contributed by atoms with Crippen LogP contribution >= 0.6 is 23.1 Å². The molecule has 7 nitrogen and oxygen atoms in total. The Kier molecular flexibility index (Phi) is 6.80. The lowest BCUT2D eigenvalue weighted by Crippen LogP contribution is -2.24. The van der Waals surface area contributed by atoms with E-state index in [9.17, 15) is 18.4 Å². The highest BCUT2D eigenvalue weighted by molar-refractivity contribution is 8.00. The number of thioether (sulfide) groups is 1. The lowest BCUT2D eigenvalue weighted by Gasteiger charge is -2.10. The van der Waals surface area contributed by atoms with Crippen LogP contribution in [0.1, 0.15) is 26.7 Å². The van der Waals surface area contributed by atoms with Gasteiger partial charge in [0.1, 0.15) is 0 Å². The number of carbonyl (C=O) groups is 1. The van der Waals surface area contributed by atoms with E-state index in [4.69, 9.17) is 0 Å². The van der Waals surface area contributed by atoms with E-state index >= 15 is 0 Å². The number of amides is 1. The molecule has 11 heteroatoms. The van der Waals surface area contributed by atoms with E-state index < -0.39 is 16.9 Å². The molecule has 0 aliphatic carbocycles. The van der Waals surface area contributed by atoms with Gasteiger partial charge in [-0.25, -0.2) is 23.7 Å². The number of H-pyrrole nitrogens is 1. The van der Waals surface area contributed by atoms with Crippen molar-refractivity contribution >= 4 is 34.1 Å². The van der Waals surface area contributed by atoms with Crippen LogP contribution in [-0.2, 0) is 11.3 Å². The highest BCUT2D eigenvalue weighted by atomic mass is 32.2. The number of nitrogens with one attached hydrogen (secondary N) is 2. The fraction of sp³-hybridized carbons (Fsp3) is 0.333. The molecule has 1 unspecified atom stereocenters. The number of aromatic amines is 1. The van der Waals surface area contributed by atoms with Crippen molar-refractivity contribution in [2.75, 3.05) is 5.32 Å². The predicted octanol–water partition coefficient (Wildman–Crippen LogP) is 3.89. The largest absolute Gasteiger partial charge is 0.343 e. The molecular formula is C18H19F2N5O2S2. The molecule has 0 bridgehead atoms. The minimum atomic E-state index is -0.959. The fourth-order valence-electron chi connectivity index (χ4n) is 2.44. The molecule has 0 spiro atoms. The first-order chi connectivity index (χ1) is 13.9. The summed E-state index contributed by atoms with van der Waals surface area (Å²) in [6.45, 7) is 4.26. The second kappa shape index (κ2) is 9.31. The van der Waals surface area contributed by atoms with Gasteiger partial charge in [0, 0.05) is 17.5 Å². The van der Waals surface area contributed by atoms with E-state index in [0.717, 1.165) is 25.0 Å². The summed E-state index contributed by atoms with van der Waals surface area (Å²) in [5, 5.41) is 11.0. The quantitative estimate of drug-likeness (QED) is 0.520. The third kappa shape index (κ3) is 5.10. The fourth-order valence-corrected chi connectivity index (χ4v) is 4.05. The van der Waals surface area contributed by atoms with Crippen LogP contribution in [0.5, 0.6) is 0 Å². The van der Waals surface area contributed by atoms with E-state index in [1.807, 2.05) is 6.92 Å². The molecule has 0 radical (unpaired) electrons. The predicted molar refractivity (Wildman–Crippen MR) is 109 cm³/mol. The maximum atomic E-state index is 13.4. The van der Waals surface area contributed by atoms with Gasteiger partial charge < -0.3 is 5.32 Å². The van der Waals surface area contributed by atoms with Crippen molar-refractivity contribution in [3.63, 3.8) is 0 Å². The Labute approximate surface area is 173 Å². The molecule has 1 atom stereocenters. The van der Waals surface area contributed by atoms with Gasteiger partial charge >= 0.3 is 5.69 Å². The van der Waals surface area contributed by atoms with Gasteiger partial charge in [0.05, 0.1) is 10.9 Å². The summed E-state index contributed by atoms with van der Waals surface area (Å²) in [5.41, 5.74) is 0.550. The maximum absolute atomic E-state index is 13.4. The van der Waals surface area contributed by atoms with Gasteiger partial charge in [0.25, 0.3) is 0 Å². The molecule has 1 amide bonds. The molecule has 154 valence electrons. The maximum Gasteiger partial charge on any atom is 0.343 e. The molecule has 2 aromatic heterocycles. The van der Waals surface area contributed by atoms with Crippen molar-refractivity contribution < 1.29 is 13.6 Å². The molecule has 0 saturated heterocycles. The summed E-state index contributed by atoms with van der Waals surface area (Å²) in [5.74, 6) is -2.20. The average Bonchev–Trinajstić information content (AvgIpc) is 3.29. The smallest absolute Gasteiger partial charge is 0.301 e. The number of benzene rings is 1. The number of unbranched alkanes of at least 4 members (excludes halogenated alkanes) is 1. The van der Waals surface area contributed by atoms with Gasteiger partial charge in [-0.15, -0.1) is 16.4 Å². The van der Waals surface area contributed by atoms with Crippen LogP contribution in [0.3, 0.4) is 0 Å². The summed E-state index contributed by atoms with van der Waals surface area (Å²) >= 11 is 2.35.